The summed E-state index contributed by atoms with van der Waals surface area (Å²) in [6, 6.07) is 0.113. The monoisotopic (exact) mass is 195 g/mol. The van der Waals surface area contributed by atoms with Crippen molar-refractivity contribution in [3.05, 3.63) is 17.3 Å². The first kappa shape index (κ1) is 9.55. The van der Waals surface area contributed by atoms with Gasteiger partial charge in [0, 0.05) is 25.4 Å². The van der Waals surface area contributed by atoms with E-state index in [-0.39, 0.29) is 6.04 Å². The highest BCUT2D eigenvalue weighted by atomic mass is 16.3. The first-order chi connectivity index (χ1) is 6.65. The number of hydrogen-bond donors (Lipinski definition) is 3. The molecular formula is C10H17N3O. The summed E-state index contributed by atoms with van der Waals surface area (Å²) in [5.41, 5.74) is 2.15. The predicted molar refractivity (Wildman–Crippen MR) is 56.6 cm³/mol. The summed E-state index contributed by atoms with van der Waals surface area (Å²) in [5, 5.41) is 13.2. The van der Waals surface area contributed by atoms with Crippen molar-refractivity contribution in [3.8, 4) is 0 Å². The number of rotatable bonds is 1. The van der Waals surface area contributed by atoms with Crippen LogP contribution >= 0.6 is 0 Å². The third kappa shape index (κ3) is 1.22. The minimum Gasteiger partial charge on any atom is -0.387 e. The van der Waals surface area contributed by atoms with Crippen molar-refractivity contribution >= 4 is 5.82 Å². The zero-order valence-electron chi connectivity index (χ0n) is 8.83. The fraction of sp³-hybridized carbons (Fsp3) is 0.600. The normalized spacial score (nSPS) is 26.4. The van der Waals surface area contributed by atoms with Gasteiger partial charge >= 0.3 is 0 Å². The smallest absolute Gasteiger partial charge is 0.111 e. The lowest BCUT2D eigenvalue weighted by Gasteiger charge is -2.35. The van der Waals surface area contributed by atoms with E-state index in [1.54, 1.807) is 0 Å². The molecule has 0 aromatic carbocycles. The maximum absolute atomic E-state index is 10.1. The second kappa shape index (κ2) is 3.29. The number of nitrogens with zero attached hydrogens (tertiary/aromatic N) is 1. The number of fused-ring (bicyclic) bond motifs is 1. The summed E-state index contributed by atoms with van der Waals surface area (Å²) in [6.07, 6.45) is 1.54. The molecule has 0 bridgehead atoms. The molecule has 0 radical (unpaired) electrons. The average molecular weight is 195 g/mol. The van der Waals surface area contributed by atoms with Crippen LogP contribution in [0.1, 0.15) is 17.2 Å². The minimum atomic E-state index is -0.405. The van der Waals surface area contributed by atoms with Crippen molar-refractivity contribution in [1.29, 1.82) is 0 Å². The van der Waals surface area contributed by atoms with Gasteiger partial charge in [0.15, 0.2) is 0 Å². The summed E-state index contributed by atoms with van der Waals surface area (Å²) >= 11 is 0. The molecule has 2 rings (SSSR count). The van der Waals surface area contributed by atoms with E-state index in [2.05, 4.69) is 15.2 Å². The molecule has 0 amide bonds. The van der Waals surface area contributed by atoms with Gasteiger partial charge < -0.3 is 20.3 Å². The largest absolute Gasteiger partial charge is 0.387 e. The summed E-state index contributed by atoms with van der Waals surface area (Å²) in [7, 11) is 3.92. The van der Waals surface area contributed by atoms with Gasteiger partial charge in [-0.15, -0.1) is 0 Å². The fourth-order valence-corrected chi connectivity index (χ4v) is 2.14. The van der Waals surface area contributed by atoms with Gasteiger partial charge in [-0.3, -0.25) is 0 Å². The average Bonchev–Trinajstić information content (AvgIpc) is 2.54. The van der Waals surface area contributed by atoms with Gasteiger partial charge in [0.25, 0.3) is 0 Å². The Labute approximate surface area is 83.9 Å². The standard InChI is InChI=1S/C10H17N3O/c1-6-4-12-10-8(6)9(14)7(11-2)5-13(10)3/h4,7,9,11-12,14H,5H2,1-3H3. The number of nitrogens with one attached hydrogen (secondary N) is 2. The number of H-pyrrole nitrogens is 1. The summed E-state index contributed by atoms with van der Waals surface area (Å²) in [6.45, 7) is 2.84. The van der Waals surface area contributed by atoms with Crippen LogP contribution in [0.15, 0.2) is 6.20 Å². The molecule has 0 saturated carbocycles. The molecule has 2 unspecified atom stereocenters. The highest BCUT2D eigenvalue weighted by Crippen LogP contribution is 2.34. The molecule has 1 aromatic heterocycles. The highest BCUT2D eigenvalue weighted by Gasteiger charge is 2.31. The zero-order chi connectivity index (χ0) is 10.3. The van der Waals surface area contributed by atoms with Crippen LogP contribution in [0, 0.1) is 6.92 Å². The molecule has 0 saturated heterocycles. The van der Waals surface area contributed by atoms with Crippen LogP contribution in [-0.4, -0.2) is 36.8 Å². The van der Waals surface area contributed by atoms with E-state index in [9.17, 15) is 5.11 Å². The maximum atomic E-state index is 10.1. The molecule has 78 valence electrons. The number of aliphatic hydroxyl groups is 1. The van der Waals surface area contributed by atoms with Crippen molar-refractivity contribution in [3.63, 3.8) is 0 Å². The first-order valence-corrected chi connectivity index (χ1v) is 4.89. The van der Waals surface area contributed by atoms with Gasteiger partial charge in [0.1, 0.15) is 5.82 Å². The van der Waals surface area contributed by atoms with Crippen LogP contribution in [0.2, 0.25) is 0 Å². The third-order valence-corrected chi connectivity index (χ3v) is 3.01. The number of likely N-dealkylation sites (N-methyl/N-ethyl adjacent to an activating group) is 2. The van der Waals surface area contributed by atoms with Crippen molar-refractivity contribution in [2.75, 3.05) is 25.5 Å². The lowest BCUT2D eigenvalue weighted by Crippen LogP contribution is -2.46. The van der Waals surface area contributed by atoms with E-state index in [0.29, 0.717) is 0 Å². The van der Waals surface area contributed by atoms with Crippen LogP contribution in [0.25, 0.3) is 0 Å². The number of aliphatic hydroxyl groups excluding tert-OH is 1. The van der Waals surface area contributed by atoms with Gasteiger partial charge in [-0.25, -0.2) is 0 Å². The number of aryl methyl sites for hydroxylation is 1. The Morgan fingerprint density at radius 2 is 2.36 bits per heavy atom. The molecule has 2 atom stereocenters. The fourth-order valence-electron chi connectivity index (χ4n) is 2.14. The molecule has 4 nitrogen and oxygen atoms in total. The molecule has 14 heavy (non-hydrogen) atoms. The summed E-state index contributed by atoms with van der Waals surface area (Å²) < 4.78 is 0. The van der Waals surface area contributed by atoms with E-state index >= 15 is 0 Å². The Balaban J connectivity index is 2.43. The van der Waals surface area contributed by atoms with Crippen LogP contribution < -0.4 is 10.2 Å². The molecule has 0 spiro atoms. The van der Waals surface area contributed by atoms with E-state index in [1.165, 1.54) is 0 Å². The van der Waals surface area contributed by atoms with Crippen molar-refractivity contribution in [2.24, 2.45) is 0 Å². The molecule has 1 aromatic rings. The second-order valence-corrected chi connectivity index (χ2v) is 3.95. The van der Waals surface area contributed by atoms with Gasteiger partial charge in [0.2, 0.25) is 0 Å². The van der Waals surface area contributed by atoms with E-state index < -0.39 is 6.10 Å². The lowest BCUT2D eigenvalue weighted by atomic mass is 9.97. The number of aromatic nitrogens is 1. The van der Waals surface area contributed by atoms with E-state index in [0.717, 1.165) is 23.5 Å². The third-order valence-electron chi connectivity index (χ3n) is 3.01. The molecule has 1 aliphatic rings. The second-order valence-electron chi connectivity index (χ2n) is 3.95. The summed E-state index contributed by atoms with van der Waals surface area (Å²) in [5.74, 6) is 1.04. The van der Waals surface area contributed by atoms with Crippen LogP contribution in [0.3, 0.4) is 0 Å². The molecule has 0 fully saturated rings. The van der Waals surface area contributed by atoms with Gasteiger partial charge in [0.05, 0.1) is 12.1 Å². The molecular weight excluding hydrogens is 178 g/mol. The van der Waals surface area contributed by atoms with Crippen LogP contribution in [-0.2, 0) is 0 Å². The zero-order valence-corrected chi connectivity index (χ0v) is 8.83. The van der Waals surface area contributed by atoms with E-state index in [4.69, 9.17) is 0 Å². The first-order valence-electron chi connectivity index (χ1n) is 4.89. The minimum absolute atomic E-state index is 0.113. The Morgan fingerprint density at radius 3 is 3.00 bits per heavy atom. The Hall–Kier alpha value is -1.00. The maximum Gasteiger partial charge on any atom is 0.111 e. The van der Waals surface area contributed by atoms with Gasteiger partial charge in [-0.1, -0.05) is 0 Å². The molecule has 0 aliphatic carbocycles. The van der Waals surface area contributed by atoms with Crippen LogP contribution in [0.5, 0.6) is 0 Å². The SMILES string of the molecule is CNC1CN(C)c2[nH]cc(C)c2C1O. The van der Waals surface area contributed by atoms with Crippen molar-refractivity contribution in [1.82, 2.24) is 10.3 Å². The lowest BCUT2D eigenvalue weighted by molar-refractivity contribution is 0.129. The number of hydrogen-bond acceptors (Lipinski definition) is 3. The quantitative estimate of drug-likeness (QED) is 0.608. The summed E-state index contributed by atoms with van der Waals surface area (Å²) in [4.78, 5) is 5.32. The van der Waals surface area contributed by atoms with Crippen LogP contribution in [0.4, 0.5) is 5.82 Å². The molecule has 2 heterocycles. The van der Waals surface area contributed by atoms with Gasteiger partial charge in [-0.2, -0.15) is 0 Å². The Bertz CT molecular complexity index is 334. The Morgan fingerprint density at radius 1 is 1.64 bits per heavy atom. The Kier molecular flexibility index (Phi) is 2.25. The van der Waals surface area contributed by atoms with Crippen molar-refractivity contribution < 1.29 is 5.11 Å². The van der Waals surface area contributed by atoms with Crippen molar-refractivity contribution in [2.45, 2.75) is 19.1 Å². The molecule has 1 aliphatic heterocycles. The van der Waals surface area contributed by atoms with E-state index in [1.807, 2.05) is 27.2 Å². The predicted octanol–water partition coefficient (Wildman–Crippen LogP) is 0.394. The van der Waals surface area contributed by atoms with Gasteiger partial charge in [-0.05, 0) is 19.5 Å². The number of aromatic amines is 1. The molecule has 3 N–H and O–H groups in total. The topological polar surface area (TPSA) is 51.3 Å². The number of anilines is 1. The molecule has 4 heteroatoms. The highest BCUT2D eigenvalue weighted by molar-refractivity contribution is 5.55.